The fourth-order valence-electron chi connectivity index (χ4n) is 3.94. The minimum atomic E-state index is -0.102. The Morgan fingerprint density at radius 3 is 2.57 bits per heavy atom. The lowest BCUT2D eigenvalue weighted by molar-refractivity contribution is -0.126. The van der Waals surface area contributed by atoms with E-state index in [1.807, 2.05) is 13.0 Å². The monoisotopic (exact) mass is 381 g/mol. The van der Waals surface area contributed by atoms with Crippen molar-refractivity contribution in [3.8, 4) is 11.4 Å². The Kier molecular flexibility index (Phi) is 5.76. The first-order chi connectivity index (χ1) is 13.7. The average Bonchev–Trinajstić information content (AvgIpc) is 3.27. The maximum absolute atomic E-state index is 12.5. The predicted octanol–water partition coefficient (Wildman–Crippen LogP) is 1.50. The van der Waals surface area contributed by atoms with Gasteiger partial charge in [0.05, 0.1) is 17.9 Å². The number of piperazine rings is 1. The summed E-state index contributed by atoms with van der Waals surface area (Å²) < 4.78 is 0. The van der Waals surface area contributed by atoms with Gasteiger partial charge in [0.1, 0.15) is 5.69 Å². The molecule has 0 radical (unpaired) electrons. The first-order valence-corrected chi connectivity index (χ1v) is 10.1. The van der Waals surface area contributed by atoms with Gasteiger partial charge in [-0.05, 0) is 25.8 Å². The molecule has 8 nitrogen and oxygen atoms in total. The minimum Gasteiger partial charge on any atom is -0.352 e. The van der Waals surface area contributed by atoms with Gasteiger partial charge in [0.2, 0.25) is 11.9 Å². The molecule has 0 spiro atoms. The molecular formula is C20H27N7O. The van der Waals surface area contributed by atoms with Crippen molar-refractivity contribution in [2.45, 2.75) is 44.7 Å². The summed E-state index contributed by atoms with van der Waals surface area (Å²) in [6.07, 6.45) is 11.5. The third-order valence-electron chi connectivity index (χ3n) is 5.69. The van der Waals surface area contributed by atoms with E-state index in [1.165, 1.54) is 12.8 Å². The number of hydrogen-bond donors (Lipinski definition) is 1. The Balaban J connectivity index is 1.34. The van der Waals surface area contributed by atoms with E-state index in [1.54, 1.807) is 24.8 Å². The maximum atomic E-state index is 12.5. The Labute approximate surface area is 165 Å². The van der Waals surface area contributed by atoms with Crippen LogP contribution in [0.25, 0.3) is 11.4 Å². The molecule has 28 heavy (non-hydrogen) atoms. The third-order valence-corrected chi connectivity index (χ3v) is 5.69. The summed E-state index contributed by atoms with van der Waals surface area (Å²) >= 11 is 0. The van der Waals surface area contributed by atoms with Gasteiger partial charge in [0.25, 0.3) is 0 Å². The highest BCUT2D eigenvalue weighted by molar-refractivity contribution is 5.81. The van der Waals surface area contributed by atoms with Crippen molar-refractivity contribution in [1.29, 1.82) is 0 Å². The molecule has 148 valence electrons. The Morgan fingerprint density at radius 2 is 1.86 bits per heavy atom. The number of carbonyl (C=O) groups is 1. The van der Waals surface area contributed by atoms with Crippen molar-refractivity contribution >= 4 is 11.9 Å². The van der Waals surface area contributed by atoms with Crippen LogP contribution in [-0.2, 0) is 4.79 Å². The SMILES string of the molecule is CC(C(=O)NC1CCCC1)N1CCN(c2nccc(-c3cnccn3)n2)CC1. The van der Waals surface area contributed by atoms with Crippen LogP contribution in [0.1, 0.15) is 32.6 Å². The van der Waals surface area contributed by atoms with Crippen LogP contribution in [0.15, 0.2) is 30.9 Å². The molecule has 1 aliphatic heterocycles. The zero-order valence-corrected chi connectivity index (χ0v) is 16.3. The van der Waals surface area contributed by atoms with Gasteiger partial charge in [-0.2, -0.15) is 0 Å². The first-order valence-electron chi connectivity index (χ1n) is 10.1. The van der Waals surface area contributed by atoms with Crippen molar-refractivity contribution in [2.24, 2.45) is 0 Å². The van der Waals surface area contributed by atoms with Gasteiger partial charge in [0.15, 0.2) is 0 Å². The fraction of sp³-hybridized carbons (Fsp3) is 0.550. The van der Waals surface area contributed by atoms with Crippen LogP contribution in [-0.4, -0.2) is 69.0 Å². The highest BCUT2D eigenvalue weighted by atomic mass is 16.2. The molecule has 2 aromatic heterocycles. The van der Waals surface area contributed by atoms with Gasteiger partial charge in [-0.1, -0.05) is 12.8 Å². The van der Waals surface area contributed by atoms with Crippen LogP contribution in [0.5, 0.6) is 0 Å². The van der Waals surface area contributed by atoms with Crippen LogP contribution < -0.4 is 10.2 Å². The number of amides is 1. The van der Waals surface area contributed by atoms with Crippen LogP contribution in [0, 0.1) is 0 Å². The summed E-state index contributed by atoms with van der Waals surface area (Å²) in [7, 11) is 0. The smallest absolute Gasteiger partial charge is 0.237 e. The number of rotatable bonds is 5. The van der Waals surface area contributed by atoms with Crippen LogP contribution in [0.4, 0.5) is 5.95 Å². The number of nitrogens with zero attached hydrogens (tertiary/aromatic N) is 6. The molecular weight excluding hydrogens is 354 g/mol. The second kappa shape index (κ2) is 8.60. The number of carbonyl (C=O) groups excluding carboxylic acids is 1. The molecule has 4 rings (SSSR count). The van der Waals surface area contributed by atoms with E-state index in [0.29, 0.717) is 12.0 Å². The number of aromatic nitrogens is 4. The van der Waals surface area contributed by atoms with Gasteiger partial charge in [0, 0.05) is 50.8 Å². The molecule has 1 unspecified atom stereocenters. The second-order valence-corrected chi connectivity index (χ2v) is 7.52. The lowest BCUT2D eigenvalue weighted by atomic mass is 10.2. The summed E-state index contributed by atoms with van der Waals surface area (Å²) in [6.45, 7) is 5.23. The van der Waals surface area contributed by atoms with E-state index in [-0.39, 0.29) is 11.9 Å². The van der Waals surface area contributed by atoms with Gasteiger partial charge in [-0.3, -0.25) is 19.7 Å². The van der Waals surface area contributed by atoms with Gasteiger partial charge in [-0.15, -0.1) is 0 Å². The molecule has 2 aliphatic rings. The predicted molar refractivity (Wildman–Crippen MR) is 107 cm³/mol. The largest absolute Gasteiger partial charge is 0.352 e. The van der Waals surface area contributed by atoms with Crippen molar-refractivity contribution in [2.75, 3.05) is 31.1 Å². The topological polar surface area (TPSA) is 87.1 Å². The minimum absolute atomic E-state index is 0.102. The molecule has 1 atom stereocenters. The van der Waals surface area contributed by atoms with Crippen molar-refractivity contribution in [3.63, 3.8) is 0 Å². The van der Waals surface area contributed by atoms with Crippen LogP contribution in [0.3, 0.4) is 0 Å². The molecule has 0 bridgehead atoms. The van der Waals surface area contributed by atoms with Crippen molar-refractivity contribution in [1.82, 2.24) is 30.2 Å². The van der Waals surface area contributed by atoms with Crippen molar-refractivity contribution < 1.29 is 4.79 Å². The van der Waals surface area contributed by atoms with E-state index >= 15 is 0 Å². The average molecular weight is 381 g/mol. The molecule has 1 amide bonds. The lowest BCUT2D eigenvalue weighted by Gasteiger charge is -2.37. The van der Waals surface area contributed by atoms with Gasteiger partial charge < -0.3 is 10.2 Å². The highest BCUT2D eigenvalue weighted by Crippen LogP contribution is 2.19. The van der Waals surface area contributed by atoms with E-state index in [0.717, 1.165) is 50.4 Å². The van der Waals surface area contributed by atoms with E-state index in [9.17, 15) is 4.79 Å². The Hall–Kier alpha value is -2.61. The number of nitrogens with one attached hydrogen (secondary N) is 1. The molecule has 2 fully saturated rings. The normalized spacial score (nSPS) is 19.5. The van der Waals surface area contributed by atoms with Crippen molar-refractivity contribution in [3.05, 3.63) is 30.9 Å². The lowest BCUT2D eigenvalue weighted by Crippen LogP contribution is -2.55. The summed E-state index contributed by atoms with van der Waals surface area (Å²) in [4.78, 5) is 34.5. The van der Waals surface area contributed by atoms with Crippen LogP contribution in [0.2, 0.25) is 0 Å². The molecule has 1 saturated carbocycles. The highest BCUT2D eigenvalue weighted by Gasteiger charge is 2.28. The molecule has 2 aromatic rings. The van der Waals surface area contributed by atoms with E-state index < -0.39 is 0 Å². The van der Waals surface area contributed by atoms with Crippen LogP contribution >= 0.6 is 0 Å². The molecule has 1 saturated heterocycles. The molecule has 8 heteroatoms. The Morgan fingerprint density at radius 1 is 1.07 bits per heavy atom. The third kappa shape index (κ3) is 4.27. The fourth-order valence-corrected chi connectivity index (χ4v) is 3.94. The van der Waals surface area contributed by atoms with E-state index in [2.05, 4.69) is 35.1 Å². The second-order valence-electron chi connectivity index (χ2n) is 7.52. The zero-order chi connectivity index (χ0) is 19.3. The summed E-state index contributed by atoms with van der Waals surface area (Å²) in [5.41, 5.74) is 1.51. The standard InChI is InChI=1S/C20H27N7O/c1-15(19(28)24-16-4-2-3-5-16)26-10-12-27(13-11-26)20-23-7-6-17(25-20)18-14-21-8-9-22-18/h6-9,14-16H,2-5,10-13H2,1H3,(H,24,28). The summed E-state index contributed by atoms with van der Waals surface area (Å²) in [5.74, 6) is 0.854. The van der Waals surface area contributed by atoms with Gasteiger partial charge >= 0.3 is 0 Å². The molecule has 1 aliphatic carbocycles. The summed E-state index contributed by atoms with van der Waals surface area (Å²) in [5, 5.41) is 3.21. The number of anilines is 1. The zero-order valence-electron chi connectivity index (χ0n) is 16.3. The van der Waals surface area contributed by atoms with E-state index in [4.69, 9.17) is 0 Å². The summed E-state index contributed by atoms with van der Waals surface area (Å²) in [6, 6.07) is 2.11. The molecule has 0 aromatic carbocycles. The number of hydrogen-bond acceptors (Lipinski definition) is 7. The van der Waals surface area contributed by atoms with Gasteiger partial charge in [-0.25, -0.2) is 9.97 Å². The quantitative estimate of drug-likeness (QED) is 0.840. The first kappa shape index (κ1) is 18.7. The maximum Gasteiger partial charge on any atom is 0.237 e. The molecule has 1 N–H and O–H groups in total. The Bertz CT molecular complexity index is 786. The molecule has 3 heterocycles.